The summed E-state index contributed by atoms with van der Waals surface area (Å²) in [7, 11) is 1.66. The van der Waals surface area contributed by atoms with E-state index in [2.05, 4.69) is 4.98 Å². The lowest BCUT2D eigenvalue weighted by atomic mass is 10.1. The summed E-state index contributed by atoms with van der Waals surface area (Å²) in [5.74, 6) is 1.81. The molecule has 0 saturated carbocycles. The molecule has 0 spiro atoms. The molecule has 17 heavy (non-hydrogen) atoms. The van der Waals surface area contributed by atoms with E-state index in [1.807, 2.05) is 42.0 Å². The lowest BCUT2D eigenvalue weighted by Gasteiger charge is -2.14. The number of methoxy groups -OCH3 is 1. The van der Waals surface area contributed by atoms with Crippen LogP contribution in [0.2, 0.25) is 0 Å². The van der Waals surface area contributed by atoms with E-state index >= 15 is 0 Å². The van der Waals surface area contributed by atoms with Gasteiger partial charge in [0.1, 0.15) is 11.6 Å². The summed E-state index contributed by atoms with van der Waals surface area (Å²) >= 11 is 0. The number of imidazole rings is 1. The highest BCUT2D eigenvalue weighted by Crippen LogP contribution is 2.19. The van der Waals surface area contributed by atoms with Crippen molar-refractivity contribution in [1.29, 1.82) is 0 Å². The zero-order valence-corrected chi connectivity index (χ0v) is 10.1. The maximum absolute atomic E-state index is 6.17. The largest absolute Gasteiger partial charge is 0.497 e. The maximum atomic E-state index is 6.17. The van der Waals surface area contributed by atoms with Crippen molar-refractivity contribution in [2.24, 2.45) is 5.73 Å². The molecule has 4 heteroatoms. The number of nitrogens with zero attached hydrogens (tertiary/aromatic N) is 2. The Morgan fingerprint density at radius 1 is 1.47 bits per heavy atom. The van der Waals surface area contributed by atoms with E-state index in [4.69, 9.17) is 10.5 Å². The second-order valence-corrected chi connectivity index (χ2v) is 4.01. The Kier molecular flexibility index (Phi) is 3.44. The van der Waals surface area contributed by atoms with E-state index in [9.17, 15) is 0 Å². The van der Waals surface area contributed by atoms with Crippen molar-refractivity contribution < 1.29 is 4.74 Å². The molecule has 0 aliphatic heterocycles. The number of aryl methyl sites for hydroxylation is 1. The molecule has 90 valence electrons. The van der Waals surface area contributed by atoms with E-state index in [1.54, 1.807) is 13.3 Å². The first kappa shape index (κ1) is 11.7. The SMILES string of the molecule is COc1cccc(C(N)Cn2ccnc2C)c1. The van der Waals surface area contributed by atoms with E-state index in [0.717, 1.165) is 23.7 Å². The number of nitrogens with two attached hydrogens (primary N) is 1. The predicted octanol–water partition coefficient (Wildman–Crippen LogP) is 1.90. The fourth-order valence-electron chi connectivity index (χ4n) is 1.79. The van der Waals surface area contributed by atoms with Crippen molar-refractivity contribution in [3.63, 3.8) is 0 Å². The second kappa shape index (κ2) is 5.01. The van der Waals surface area contributed by atoms with Gasteiger partial charge in [0.05, 0.1) is 7.11 Å². The first-order valence-corrected chi connectivity index (χ1v) is 5.58. The van der Waals surface area contributed by atoms with Crippen LogP contribution in [0.3, 0.4) is 0 Å². The molecule has 0 amide bonds. The van der Waals surface area contributed by atoms with Gasteiger partial charge < -0.3 is 15.0 Å². The molecule has 0 fully saturated rings. The van der Waals surface area contributed by atoms with E-state index in [-0.39, 0.29) is 6.04 Å². The maximum Gasteiger partial charge on any atom is 0.119 e. The number of benzene rings is 1. The number of aromatic nitrogens is 2. The fourth-order valence-corrected chi connectivity index (χ4v) is 1.79. The molecule has 0 radical (unpaired) electrons. The second-order valence-electron chi connectivity index (χ2n) is 4.01. The van der Waals surface area contributed by atoms with Gasteiger partial charge in [0, 0.05) is 25.0 Å². The normalized spacial score (nSPS) is 12.4. The minimum atomic E-state index is -0.0574. The highest BCUT2D eigenvalue weighted by Gasteiger charge is 2.08. The van der Waals surface area contributed by atoms with Crippen molar-refractivity contribution in [1.82, 2.24) is 9.55 Å². The van der Waals surface area contributed by atoms with Gasteiger partial charge in [-0.05, 0) is 24.6 Å². The van der Waals surface area contributed by atoms with Gasteiger partial charge in [0.2, 0.25) is 0 Å². The highest BCUT2D eigenvalue weighted by molar-refractivity contribution is 5.30. The Morgan fingerprint density at radius 2 is 2.29 bits per heavy atom. The van der Waals surface area contributed by atoms with Crippen molar-refractivity contribution in [3.8, 4) is 5.75 Å². The standard InChI is InChI=1S/C13H17N3O/c1-10-15-6-7-16(10)9-13(14)11-4-3-5-12(8-11)17-2/h3-8,13H,9,14H2,1-2H3. The summed E-state index contributed by atoms with van der Waals surface area (Å²) < 4.78 is 7.24. The van der Waals surface area contributed by atoms with Gasteiger partial charge in [-0.25, -0.2) is 4.98 Å². The molecule has 0 aliphatic carbocycles. The van der Waals surface area contributed by atoms with Gasteiger partial charge in [0.15, 0.2) is 0 Å². The molecule has 0 bridgehead atoms. The number of hydrogen-bond acceptors (Lipinski definition) is 3. The van der Waals surface area contributed by atoms with Crippen LogP contribution in [0, 0.1) is 6.92 Å². The van der Waals surface area contributed by atoms with Gasteiger partial charge in [-0.3, -0.25) is 0 Å². The van der Waals surface area contributed by atoms with Crippen LogP contribution in [0.5, 0.6) is 5.75 Å². The Bertz CT molecular complexity index is 493. The minimum absolute atomic E-state index is 0.0574. The van der Waals surface area contributed by atoms with Crippen molar-refractivity contribution in [2.75, 3.05) is 7.11 Å². The lowest BCUT2D eigenvalue weighted by molar-refractivity contribution is 0.413. The van der Waals surface area contributed by atoms with Crippen LogP contribution < -0.4 is 10.5 Å². The van der Waals surface area contributed by atoms with Gasteiger partial charge in [0.25, 0.3) is 0 Å². The first-order valence-electron chi connectivity index (χ1n) is 5.58. The molecule has 1 atom stereocenters. The predicted molar refractivity (Wildman–Crippen MR) is 66.9 cm³/mol. The van der Waals surface area contributed by atoms with E-state index in [1.165, 1.54) is 0 Å². The Morgan fingerprint density at radius 3 is 2.94 bits per heavy atom. The molecule has 1 unspecified atom stereocenters. The van der Waals surface area contributed by atoms with Crippen LogP contribution in [-0.4, -0.2) is 16.7 Å². The smallest absolute Gasteiger partial charge is 0.119 e. The number of rotatable bonds is 4. The summed E-state index contributed by atoms with van der Waals surface area (Å²) in [6.07, 6.45) is 3.73. The number of ether oxygens (including phenoxy) is 1. The lowest BCUT2D eigenvalue weighted by Crippen LogP contribution is -2.18. The van der Waals surface area contributed by atoms with Crippen LogP contribution >= 0.6 is 0 Å². The zero-order chi connectivity index (χ0) is 12.3. The molecule has 0 saturated heterocycles. The van der Waals surface area contributed by atoms with E-state index < -0.39 is 0 Å². The molecular weight excluding hydrogens is 214 g/mol. The molecule has 2 rings (SSSR count). The quantitative estimate of drug-likeness (QED) is 0.874. The Labute approximate surface area is 101 Å². The van der Waals surface area contributed by atoms with Gasteiger partial charge in [-0.1, -0.05) is 12.1 Å². The molecule has 1 aromatic carbocycles. The van der Waals surface area contributed by atoms with Crippen LogP contribution in [0.15, 0.2) is 36.7 Å². The molecule has 2 N–H and O–H groups in total. The minimum Gasteiger partial charge on any atom is -0.497 e. The third-order valence-electron chi connectivity index (χ3n) is 2.84. The van der Waals surface area contributed by atoms with Crippen molar-refractivity contribution in [3.05, 3.63) is 48.0 Å². The monoisotopic (exact) mass is 231 g/mol. The van der Waals surface area contributed by atoms with Crippen LogP contribution in [0.25, 0.3) is 0 Å². The fraction of sp³-hybridized carbons (Fsp3) is 0.308. The van der Waals surface area contributed by atoms with Gasteiger partial charge in [-0.15, -0.1) is 0 Å². The summed E-state index contributed by atoms with van der Waals surface area (Å²) in [4.78, 5) is 4.18. The molecule has 0 aliphatic rings. The molecule has 4 nitrogen and oxygen atoms in total. The van der Waals surface area contributed by atoms with Crippen LogP contribution in [0.1, 0.15) is 17.4 Å². The van der Waals surface area contributed by atoms with Crippen molar-refractivity contribution >= 4 is 0 Å². The number of hydrogen-bond donors (Lipinski definition) is 1. The molecule has 1 aromatic heterocycles. The van der Waals surface area contributed by atoms with Gasteiger partial charge in [-0.2, -0.15) is 0 Å². The Hall–Kier alpha value is -1.81. The Balaban J connectivity index is 2.14. The molecular formula is C13H17N3O. The third kappa shape index (κ3) is 2.65. The zero-order valence-electron chi connectivity index (χ0n) is 10.1. The van der Waals surface area contributed by atoms with Crippen LogP contribution in [-0.2, 0) is 6.54 Å². The summed E-state index contributed by atoms with van der Waals surface area (Å²) in [6.45, 7) is 2.69. The summed E-state index contributed by atoms with van der Waals surface area (Å²) in [6, 6.07) is 7.79. The summed E-state index contributed by atoms with van der Waals surface area (Å²) in [5.41, 5.74) is 7.24. The first-order chi connectivity index (χ1) is 8.20. The summed E-state index contributed by atoms with van der Waals surface area (Å²) in [5, 5.41) is 0. The topological polar surface area (TPSA) is 53.1 Å². The molecule has 1 heterocycles. The van der Waals surface area contributed by atoms with E-state index in [0.29, 0.717) is 0 Å². The average Bonchev–Trinajstić information content (AvgIpc) is 2.75. The van der Waals surface area contributed by atoms with Crippen LogP contribution in [0.4, 0.5) is 0 Å². The third-order valence-corrected chi connectivity index (χ3v) is 2.84. The van der Waals surface area contributed by atoms with Crippen molar-refractivity contribution in [2.45, 2.75) is 19.5 Å². The van der Waals surface area contributed by atoms with Gasteiger partial charge >= 0.3 is 0 Å². The molecule has 2 aromatic rings. The average molecular weight is 231 g/mol. The highest BCUT2D eigenvalue weighted by atomic mass is 16.5.